The van der Waals surface area contributed by atoms with Gasteiger partial charge < -0.3 is 15.5 Å². The van der Waals surface area contributed by atoms with Crippen LogP contribution in [-0.2, 0) is 9.59 Å². The third kappa shape index (κ3) is 6.94. The molecule has 1 aliphatic rings. The van der Waals surface area contributed by atoms with Crippen LogP contribution in [0.1, 0.15) is 26.7 Å². The lowest BCUT2D eigenvalue weighted by atomic mass is 10.2. The highest BCUT2D eigenvalue weighted by molar-refractivity contribution is 5.94. The van der Waals surface area contributed by atoms with Gasteiger partial charge in [-0.25, -0.2) is 0 Å². The van der Waals surface area contributed by atoms with Crippen molar-refractivity contribution < 1.29 is 9.59 Å². The topological polar surface area (TPSA) is 64.7 Å². The normalized spacial score (nSPS) is 15.3. The lowest BCUT2D eigenvalue weighted by Gasteiger charge is -2.30. The summed E-state index contributed by atoms with van der Waals surface area (Å²) in [6.45, 7) is 8.68. The summed E-state index contributed by atoms with van der Waals surface area (Å²) >= 11 is 0. The lowest BCUT2D eigenvalue weighted by molar-refractivity contribution is -0.132. The van der Waals surface area contributed by atoms with Crippen molar-refractivity contribution in [2.75, 3.05) is 44.6 Å². The second-order valence-corrected chi connectivity index (χ2v) is 6.45. The molecule has 1 heterocycles. The molecule has 0 bridgehead atoms. The fourth-order valence-corrected chi connectivity index (χ4v) is 3.03. The molecule has 0 aliphatic carbocycles. The van der Waals surface area contributed by atoms with Crippen LogP contribution >= 0.6 is 12.4 Å². The van der Waals surface area contributed by atoms with Gasteiger partial charge in [-0.05, 0) is 32.0 Å². The van der Waals surface area contributed by atoms with Crippen molar-refractivity contribution in [1.82, 2.24) is 15.1 Å². The molecule has 2 N–H and O–H groups in total. The number of anilines is 1. The van der Waals surface area contributed by atoms with Gasteiger partial charge in [0.1, 0.15) is 0 Å². The maximum absolute atomic E-state index is 12.5. The van der Waals surface area contributed by atoms with E-state index >= 15 is 0 Å². The fourth-order valence-electron chi connectivity index (χ4n) is 3.03. The van der Waals surface area contributed by atoms with Crippen LogP contribution in [0, 0.1) is 0 Å². The molecule has 146 valence electrons. The van der Waals surface area contributed by atoms with E-state index < -0.39 is 0 Å². The summed E-state index contributed by atoms with van der Waals surface area (Å²) in [6, 6.07) is 9.21. The Balaban J connectivity index is 0.00000338. The maximum atomic E-state index is 12.5. The summed E-state index contributed by atoms with van der Waals surface area (Å²) in [7, 11) is 0. The number of hydrogen-bond donors (Lipinski definition) is 2. The van der Waals surface area contributed by atoms with Crippen molar-refractivity contribution in [2.24, 2.45) is 0 Å². The molecule has 0 saturated carbocycles. The van der Waals surface area contributed by atoms with Gasteiger partial charge in [0.2, 0.25) is 11.8 Å². The lowest BCUT2D eigenvalue weighted by Crippen LogP contribution is -2.48. The highest BCUT2D eigenvalue weighted by Gasteiger charge is 2.23. The SMILES string of the molecule is CCCN(CCC(=O)N1CCNCC1)C(C)C(=O)Nc1ccccc1.Cl. The van der Waals surface area contributed by atoms with Gasteiger partial charge in [0.15, 0.2) is 0 Å². The second kappa shape index (κ2) is 11.9. The number of carbonyl (C=O) groups is 2. The summed E-state index contributed by atoms with van der Waals surface area (Å²) in [5, 5.41) is 6.20. The number of amides is 2. The molecule has 0 aromatic heterocycles. The van der Waals surface area contributed by atoms with Crippen LogP contribution in [0.4, 0.5) is 5.69 Å². The Labute approximate surface area is 162 Å². The van der Waals surface area contributed by atoms with Crippen molar-refractivity contribution in [1.29, 1.82) is 0 Å². The third-order valence-electron chi connectivity index (χ3n) is 4.56. The number of nitrogens with one attached hydrogen (secondary N) is 2. The Morgan fingerprint density at radius 3 is 2.46 bits per heavy atom. The molecular formula is C19H31ClN4O2. The van der Waals surface area contributed by atoms with Crippen molar-refractivity contribution >= 4 is 29.9 Å². The Morgan fingerprint density at radius 2 is 1.85 bits per heavy atom. The number of halogens is 1. The summed E-state index contributed by atoms with van der Waals surface area (Å²) < 4.78 is 0. The van der Waals surface area contributed by atoms with Crippen LogP contribution < -0.4 is 10.6 Å². The molecule has 1 unspecified atom stereocenters. The molecule has 1 aromatic rings. The van der Waals surface area contributed by atoms with Crippen molar-refractivity contribution in [3.05, 3.63) is 30.3 Å². The molecule has 0 spiro atoms. The Morgan fingerprint density at radius 1 is 1.19 bits per heavy atom. The first-order valence-electron chi connectivity index (χ1n) is 9.20. The van der Waals surface area contributed by atoms with E-state index in [0.29, 0.717) is 13.0 Å². The number of hydrogen-bond acceptors (Lipinski definition) is 4. The van der Waals surface area contributed by atoms with Crippen molar-refractivity contribution in [3.63, 3.8) is 0 Å². The molecule has 1 fully saturated rings. The average Bonchev–Trinajstić information content (AvgIpc) is 2.65. The minimum absolute atomic E-state index is 0. The smallest absolute Gasteiger partial charge is 0.241 e. The molecule has 1 aromatic carbocycles. The van der Waals surface area contributed by atoms with Crippen molar-refractivity contribution in [2.45, 2.75) is 32.7 Å². The molecule has 1 aliphatic heterocycles. The summed E-state index contributed by atoms with van der Waals surface area (Å²) in [5.41, 5.74) is 0.799. The minimum atomic E-state index is -0.268. The van der Waals surface area contributed by atoms with Gasteiger partial charge in [0, 0.05) is 44.8 Å². The summed E-state index contributed by atoms with van der Waals surface area (Å²) in [4.78, 5) is 28.9. The Kier molecular flexibility index (Phi) is 10.2. The van der Waals surface area contributed by atoms with E-state index in [2.05, 4.69) is 22.5 Å². The number of carbonyl (C=O) groups excluding carboxylic acids is 2. The number of benzene rings is 1. The van der Waals surface area contributed by atoms with Crippen LogP contribution in [0.5, 0.6) is 0 Å². The average molecular weight is 383 g/mol. The van der Waals surface area contributed by atoms with Crippen LogP contribution in [0.25, 0.3) is 0 Å². The number of para-hydroxylation sites is 1. The summed E-state index contributed by atoms with van der Waals surface area (Å²) in [5.74, 6) is 0.146. The number of piperazine rings is 1. The quantitative estimate of drug-likeness (QED) is 0.721. The molecule has 7 heteroatoms. The highest BCUT2D eigenvalue weighted by Crippen LogP contribution is 2.10. The molecule has 0 radical (unpaired) electrons. The van der Waals surface area contributed by atoms with Gasteiger partial charge in [-0.2, -0.15) is 0 Å². The van der Waals surface area contributed by atoms with Gasteiger partial charge in [0.05, 0.1) is 6.04 Å². The Bertz CT molecular complexity index is 550. The standard InChI is InChI=1S/C19H30N4O2.ClH/c1-3-12-22(13-9-18(24)23-14-10-20-11-15-23)16(2)19(25)21-17-7-5-4-6-8-17;/h4-8,16,20H,3,9-15H2,1-2H3,(H,21,25);1H. The third-order valence-corrected chi connectivity index (χ3v) is 4.56. The second-order valence-electron chi connectivity index (χ2n) is 6.45. The highest BCUT2D eigenvalue weighted by atomic mass is 35.5. The number of rotatable bonds is 8. The van der Waals surface area contributed by atoms with E-state index in [1.165, 1.54) is 0 Å². The molecule has 2 rings (SSSR count). The van der Waals surface area contributed by atoms with E-state index in [9.17, 15) is 9.59 Å². The molecule has 26 heavy (non-hydrogen) atoms. The van der Waals surface area contributed by atoms with Gasteiger partial charge >= 0.3 is 0 Å². The van der Waals surface area contributed by atoms with Gasteiger partial charge in [-0.1, -0.05) is 25.1 Å². The van der Waals surface area contributed by atoms with E-state index in [4.69, 9.17) is 0 Å². The van der Waals surface area contributed by atoms with Gasteiger partial charge in [0.25, 0.3) is 0 Å². The predicted octanol–water partition coefficient (Wildman–Crippen LogP) is 1.97. The first kappa shape index (κ1) is 22.4. The zero-order valence-corrected chi connectivity index (χ0v) is 16.6. The van der Waals surface area contributed by atoms with Crippen LogP contribution in [0.15, 0.2) is 30.3 Å². The molecular weight excluding hydrogens is 352 g/mol. The van der Waals surface area contributed by atoms with Crippen LogP contribution in [0.2, 0.25) is 0 Å². The van der Waals surface area contributed by atoms with Crippen LogP contribution in [-0.4, -0.2) is 66.9 Å². The van der Waals surface area contributed by atoms with Crippen molar-refractivity contribution in [3.8, 4) is 0 Å². The van der Waals surface area contributed by atoms with E-state index in [1.54, 1.807) is 0 Å². The van der Waals surface area contributed by atoms with E-state index in [1.807, 2.05) is 42.2 Å². The van der Waals surface area contributed by atoms with E-state index in [-0.39, 0.29) is 30.3 Å². The molecule has 2 amide bonds. The first-order valence-corrected chi connectivity index (χ1v) is 9.20. The van der Waals surface area contributed by atoms with Crippen LogP contribution in [0.3, 0.4) is 0 Å². The Hall–Kier alpha value is -1.63. The zero-order valence-electron chi connectivity index (χ0n) is 15.7. The molecule has 1 saturated heterocycles. The number of nitrogens with zero attached hydrogens (tertiary/aromatic N) is 2. The predicted molar refractivity (Wildman–Crippen MR) is 108 cm³/mol. The summed E-state index contributed by atoms with van der Waals surface area (Å²) in [6.07, 6.45) is 1.41. The molecule has 1 atom stereocenters. The zero-order chi connectivity index (χ0) is 18.1. The maximum Gasteiger partial charge on any atom is 0.241 e. The largest absolute Gasteiger partial charge is 0.340 e. The van der Waals surface area contributed by atoms with E-state index in [0.717, 1.165) is 44.8 Å². The first-order chi connectivity index (χ1) is 12.1. The monoisotopic (exact) mass is 382 g/mol. The van der Waals surface area contributed by atoms with Gasteiger partial charge in [-0.15, -0.1) is 12.4 Å². The fraction of sp³-hybridized carbons (Fsp3) is 0.579. The molecule has 6 nitrogen and oxygen atoms in total. The minimum Gasteiger partial charge on any atom is -0.340 e. The van der Waals surface area contributed by atoms with Gasteiger partial charge in [-0.3, -0.25) is 14.5 Å².